The fourth-order valence-electron chi connectivity index (χ4n) is 3.37. The van der Waals surface area contributed by atoms with Gasteiger partial charge in [0.05, 0.1) is 27.4 Å². The number of nitrogens with zero attached hydrogens (tertiary/aromatic N) is 3. The number of phenolic OH excluding ortho intramolecular Hbond substituents is 1. The van der Waals surface area contributed by atoms with E-state index in [-0.39, 0.29) is 5.75 Å². The molecule has 7 heteroatoms. The number of rotatable bonds is 9. The molecule has 0 radical (unpaired) electrons. The first-order valence-electron chi connectivity index (χ1n) is 9.55. The Morgan fingerprint density at radius 3 is 2.39 bits per heavy atom. The Kier molecular flexibility index (Phi) is 7.47. The maximum absolute atomic E-state index is 10.2. The van der Waals surface area contributed by atoms with E-state index >= 15 is 0 Å². The van der Waals surface area contributed by atoms with Crippen molar-refractivity contribution in [3.8, 4) is 17.2 Å². The van der Waals surface area contributed by atoms with Crippen LogP contribution in [0.2, 0.25) is 0 Å². The topological polar surface area (TPSA) is 67.3 Å². The lowest BCUT2D eigenvalue weighted by atomic mass is 10.1. The molecule has 0 saturated carbocycles. The number of methoxy groups -OCH3 is 2. The molecule has 1 aliphatic heterocycles. The number of pyridine rings is 1. The summed E-state index contributed by atoms with van der Waals surface area (Å²) < 4.78 is 16.1. The smallest absolute Gasteiger partial charge is 0.200 e. The average molecular weight is 387 g/mol. The molecule has 152 valence electrons. The fraction of sp³-hybridized carbons (Fsp3) is 0.476. The monoisotopic (exact) mass is 387 g/mol. The number of morpholine rings is 1. The van der Waals surface area contributed by atoms with E-state index in [4.69, 9.17) is 14.2 Å². The van der Waals surface area contributed by atoms with E-state index in [9.17, 15) is 5.11 Å². The van der Waals surface area contributed by atoms with Crippen molar-refractivity contribution in [1.29, 1.82) is 0 Å². The van der Waals surface area contributed by atoms with E-state index < -0.39 is 0 Å². The summed E-state index contributed by atoms with van der Waals surface area (Å²) in [4.78, 5) is 9.04. The first kappa shape index (κ1) is 20.4. The van der Waals surface area contributed by atoms with Gasteiger partial charge in [-0.15, -0.1) is 0 Å². The lowest BCUT2D eigenvalue weighted by Crippen LogP contribution is -2.41. The van der Waals surface area contributed by atoms with Crippen LogP contribution in [0.25, 0.3) is 0 Å². The lowest BCUT2D eigenvalue weighted by Gasteiger charge is -2.30. The van der Waals surface area contributed by atoms with Gasteiger partial charge in [0.25, 0.3) is 0 Å². The Morgan fingerprint density at radius 1 is 1.11 bits per heavy atom. The van der Waals surface area contributed by atoms with Crippen LogP contribution in [-0.4, -0.2) is 73.5 Å². The van der Waals surface area contributed by atoms with Crippen LogP contribution < -0.4 is 9.47 Å². The Bertz CT molecular complexity index is 711. The van der Waals surface area contributed by atoms with Gasteiger partial charge in [-0.25, -0.2) is 0 Å². The number of aromatic hydroxyl groups is 1. The number of benzene rings is 1. The number of ether oxygens (including phenoxy) is 3. The minimum atomic E-state index is 0.0286. The Morgan fingerprint density at radius 2 is 1.79 bits per heavy atom. The van der Waals surface area contributed by atoms with E-state index in [1.54, 1.807) is 20.4 Å². The zero-order chi connectivity index (χ0) is 19.8. The molecule has 0 bridgehead atoms. The molecule has 1 fully saturated rings. The molecule has 0 atom stereocenters. The van der Waals surface area contributed by atoms with Gasteiger partial charge in [0.2, 0.25) is 5.75 Å². The van der Waals surface area contributed by atoms with Crippen molar-refractivity contribution >= 4 is 0 Å². The van der Waals surface area contributed by atoms with Crippen molar-refractivity contribution < 1.29 is 19.3 Å². The second kappa shape index (κ2) is 10.3. The summed E-state index contributed by atoms with van der Waals surface area (Å²) in [5, 5.41) is 10.2. The maximum atomic E-state index is 10.2. The fourth-order valence-corrected chi connectivity index (χ4v) is 3.37. The predicted molar refractivity (Wildman–Crippen MR) is 107 cm³/mol. The molecule has 0 aliphatic carbocycles. The third-order valence-corrected chi connectivity index (χ3v) is 4.91. The van der Waals surface area contributed by atoms with Crippen LogP contribution in [0, 0.1) is 0 Å². The highest BCUT2D eigenvalue weighted by molar-refractivity contribution is 5.52. The summed E-state index contributed by atoms with van der Waals surface area (Å²) in [6, 6.07) is 7.78. The largest absolute Gasteiger partial charge is 0.502 e. The number of phenols is 1. The molecule has 28 heavy (non-hydrogen) atoms. The third kappa shape index (κ3) is 5.58. The van der Waals surface area contributed by atoms with Gasteiger partial charge in [-0.3, -0.25) is 14.8 Å². The van der Waals surface area contributed by atoms with Crippen LogP contribution in [0.3, 0.4) is 0 Å². The van der Waals surface area contributed by atoms with E-state index in [1.165, 1.54) is 5.56 Å². The molecule has 1 aliphatic rings. The minimum Gasteiger partial charge on any atom is -0.502 e. The third-order valence-electron chi connectivity index (χ3n) is 4.91. The molecule has 2 heterocycles. The normalized spacial score (nSPS) is 15.0. The van der Waals surface area contributed by atoms with Crippen LogP contribution >= 0.6 is 0 Å². The van der Waals surface area contributed by atoms with Gasteiger partial charge in [0.15, 0.2) is 11.5 Å². The molecule has 7 nitrogen and oxygen atoms in total. The van der Waals surface area contributed by atoms with E-state index in [2.05, 4.69) is 20.9 Å². The summed E-state index contributed by atoms with van der Waals surface area (Å²) >= 11 is 0. The van der Waals surface area contributed by atoms with Gasteiger partial charge in [-0.2, -0.15) is 0 Å². The zero-order valence-electron chi connectivity index (χ0n) is 16.6. The van der Waals surface area contributed by atoms with Crippen molar-refractivity contribution in [1.82, 2.24) is 14.8 Å². The van der Waals surface area contributed by atoms with Gasteiger partial charge in [-0.1, -0.05) is 6.07 Å². The van der Waals surface area contributed by atoms with E-state index in [0.717, 1.165) is 51.5 Å². The van der Waals surface area contributed by atoms with Crippen molar-refractivity contribution in [2.24, 2.45) is 0 Å². The number of hydrogen-bond acceptors (Lipinski definition) is 7. The van der Waals surface area contributed by atoms with Gasteiger partial charge < -0.3 is 19.3 Å². The van der Waals surface area contributed by atoms with Crippen LogP contribution in [0.15, 0.2) is 36.7 Å². The Balaban J connectivity index is 1.73. The van der Waals surface area contributed by atoms with E-state index in [1.807, 2.05) is 24.4 Å². The highest BCUT2D eigenvalue weighted by Gasteiger charge is 2.16. The maximum Gasteiger partial charge on any atom is 0.200 e. The Hall–Kier alpha value is -2.35. The molecular formula is C21H29N3O4. The first-order valence-corrected chi connectivity index (χ1v) is 9.55. The molecular weight excluding hydrogens is 358 g/mol. The molecule has 2 aromatic rings. The highest BCUT2D eigenvalue weighted by atomic mass is 16.5. The first-order chi connectivity index (χ1) is 13.7. The molecule has 0 spiro atoms. The van der Waals surface area contributed by atoms with Crippen molar-refractivity contribution in [3.63, 3.8) is 0 Å². The van der Waals surface area contributed by atoms with Gasteiger partial charge in [-0.05, 0) is 29.3 Å². The quantitative estimate of drug-likeness (QED) is 0.707. The zero-order valence-corrected chi connectivity index (χ0v) is 16.6. The summed E-state index contributed by atoms with van der Waals surface area (Å²) in [6.07, 6.45) is 3.69. The van der Waals surface area contributed by atoms with Crippen molar-refractivity contribution in [3.05, 3.63) is 47.8 Å². The predicted octanol–water partition coefficient (Wildman–Crippen LogP) is 2.14. The summed E-state index contributed by atoms with van der Waals surface area (Å²) in [6.45, 7) is 6.96. The Labute approximate surface area is 166 Å². The standard InChI is InChI=1S/C21H29N3O4/c1-26-19-12-18(13-20(27-2)21(19)25)16-24(15-17-4-3-5-22-14-17)7-6-23-8-10-28-11-9-23/h3-5,12-14,25H,6-11,15-16H2,1-2H3. The van der Waals surface area contributed by atoms with Crippen LogP contribution in [0.4, 0.5) is 0 Å². The SMILES string of the molecule is COc1cc(CN(CCN2CCOCC2)Cc2cccnc2)cc(OC)c1O. The number of aromatic nitrogens is 1. The van der Waals surface area contributed by atoms with Gasteiger partial charge in [0, 0.05) is 51.7 Å². The van der Waals surface area contributed by atoms with Gasteiger partial charge in [0.1, 0.15) is 0 Å². The molecule has 1 aromatic carbocycles. The van der Waals surface area contributed by atoms with Gasteiger partial charge >= 0.3 is 0 Å². The summed E-state index contributed by atoms with van der Waals surface area (Å²) in [5.74, 6) is 0.869. The second-order valence-electron chi connectivity index (χ2n) is 6.87. The molecule has 3 rings (SSSR count). The highest BCUT2D eigenvalue weighted by Crippen LogP contribution is 2.37. The van der Waals surface area contributed by atoms with Crippen LogP contribution in [-0.2, 0) is 17.8 Å². The molecule has 0 amide bonds. The van der Waals surface area contributed by atoms with E-state index in [0.29, 0.717) is 18.0 Å². The molecule has 1 N–H and O–H groups in total. The van der Waals surface area contributed by atoms with Crippen molar-refractivity contribution in [2.75, 3.05) is 53.6 Å². The van der Waals surface area contributed by atoms with Crippen LogP contribution in [0.1, 0.15) is 11.1 Å². The average Bonchev–Trinajstić information content (AvgIpc) is 2.74. The summed E-state index contributed by atoms with van der Waals surface area (Å²) in [7, 11) is 3.09. The molecule has 0 unspecified atom stereocenters. The van der Waals surface area contributed by atoms with Crippen molar-refractivity contribution in [2.45, 2.75) is 13.1 Å². The second-order valence-corrected chi connectivity index (χ2v) is 6.87. The van der Waals surface area contributed by atoms with Crippen LogP contribution in [0.5, 0.6) is 17.2 Å². The lowest BCUT2D eigenvalue weighted by molar-refractivity contribution is 0.0325. The molecule has 1 aromatic heterocycles. The number of hydrogen-bond donors (Lipinski definition) is 1. The molecule has 1 saturated heterocycles. The summed E-state index contributed by atoms with van der Waals surface area (Å²) in [5.41, 5.74) is 2.19. The minimum absolute atomic E-state index is 0.0286.